The highest BCUT2D eigenvalue weighted by Crippen LogP contribution is 2.26. The van der Waals surface area contributed by atoms with Crippen LogP contribution in [0.15, 0.2) is 58.3 Å². The van der Waals surface area contributed by atoms with Gasteiger partial charge < -0.3 is 9.94 Å². The van der Waals surface area contributed by atoms with Crippen LogP contribution in [0.4, 0.5) is 0 Å². The molecule has 20 heavy (non-hydrogen) atoms. The summed E-state index contributed by atoms with van der Waals surface area (Å²) in [5.74, 6) is 0.721. The Morgan fingerprint density at radius 1 is 1.30 bits per heavy atom. The van der Waals surface area contributed by atoms with E-state index < -0.39 is 0 Å². The molecule has 1 aromatic rings. The average molecular weight is 287 g/mol. The number of ether oxygens (including phenoxy) is 1. The molecular formula is C15H11ClN2O2. The number of nitriles is 1. The third kappa shape index (κ3) is 2.73. The highest BCUT2D eigenvalue weighted by Gasteiger charge is 2.12. The van der Waals surface area contributed by atoms with E-state index in [-0.39, 0.29) is 10.7 Å². The van der Waals surface area contributed by atoms with Crippen LogP contribution in [-0.4, -0.2) is 18.0 Å². The van der Waals surface area contributed by atoms with E-state index in [4.69, 9.17) is 21.5 Å². The van der Waals surface area contributed by atoms with Gasteiger partial charge >= 0.3 is 0 Å². The van der Waals surface area contributed by atoms with Crippen molar-refractivity contribution in [2.45, 2.75) is 0 Å². The molecule has 0 radical (unpaired) electrons. The molecule has 0 heterocycles. The standard InChI is InChI=1S/C15H11ClN2O2/c1-20-12-5-2-10(3-6-12)13(9-17)11-4-7-15(18-19)14(16)8-11/h2-8,19H,1H3/b13-11+,18-15-. The van der Waals surface area contributed by atoms with Crippen molar-refractivity contribution in [2.75, 3.05) is 7.11 Å². The quantitative estimate of drug-likeness (QED) is 0.514. The van der Waals surface area contributed by atoms with Crippen molar-refractivity contribution in [3.05, 3.63) is 58.7 Å². The molecule has 0 aliphatic heterocycles. The lowest BCUT2D eigenvalue weighted by atomic mass is 9.97. The monoisotopic (exact) mass is 286 g/mol. The Balaban J connectivity index is 2.47. The molecule has 0 bridgehead atoms. The van der Waals surface area contributed by atoms with E-state index in [1.165, 1.54) is 0 Å². The number of rotatable bonds is 2. The zero-order valence-electron chi connectivity index (χ0n) is 10.7. The lowest BCUT2D eigenvalue weighted by Gasteiger charge is -2.09. The highest BCUT2D eigenvalue weighted by molar-refractivity contribution is 6.46. The van der Waals surface area contributed by atoms with Gasteiger partial charge in [-0.25, -0.2) is 0 Å². The number of methoxy groups -OCH3 is 1. The molecule has 0 amide bonds. The van der Waals surface area contributed by atoms with Crippen LogP contribution in [-0.2, 0) is 0 Å². The molecule has 1 aliphatic rings. The summed E-state index contributed by atoms with van der Waals surface area (Å²) in [5.41, 5.74) is 2.18. The molecule has 2 rings (SSSR count). The number of allylic oxidation sites excluding steroid dienone is 6. The maximum absolute atomic E-state index is 9.34. The highest BCUT2D eigenvalue weighted by atomic mass is 35.5. The Morgan fingerprint density at radius 3 is 2.50 bits per heavy atom. The molecule has 0 fully saturated rings. The number of nitrogens with zero attached hydrogens (tertiary/aromatic N) is 2. The molecule has 0 spiro atoms. The van der Waals surface area contributed by atoms with Crippen molar-refractivity contribution in [3.63, 3.8) is 0 Å². The number of benzene rings is 1. The summed E-state index contributed by atoms with van der Waals surface area (Å²) >= 11 is 5.97. The zero-order valence-corrected chi connectivity index (χ0v) is 11.4. The fourth-order valence-corrected chi connectivity index (χ4v) is 2.02. The second kappa shape index (κ2) is 6.09. The minimum Gasteiger partial charge on any atom is -0.497 e. The van der Waals surface area contributed by atoms with Crippen LogP contribution in [0.5, 0.6) is 5.75 Å². The van der Waals surface area contributed by atoms with Gasteiger partial charge in [-0.3, -0.25) is 0 Å². The fourth-order valence-electron chi connectivity index (χ4n) is 1.80. The number of oxime groups is 1. The van der Waals surface area contributed by atoms with Gasteiger partial charge in [0.05, 0.1) is 17.7 Å². The Morgan fingerprint density at radius 2 is 2.00 bits per heavy atom. The van der Waals surface area contributed by atoms with Gasteiger partial charge in [-0.2, -0.15) is 5.26 Å². The van der Waals surface area contributed by atoms with Crippen molar-refractivity contribution in [2.24, 2.45) is 5.16 Å². The van der Waals surface area contributed by atoms with Crippen LogP contribution in [0, 0.1) is 11.3 Å². The van der Waals surface area contributed by atoms with E-state index in [2.05, 4.69) is 11.2 Å². The van der Waals surface area contributed by atoms with Gasteiger partial charge in [-0.1, -0.05) is 22.8 Å². The van der Waals surface area contributed by atoms with Gasteiger partial charge in [0.1, 0.15) is 17.5 Å². The molecular weight excluding hydrogens is 276 g/mol. The van der Waals surface area contributed by atoms with E-state index in [0.717, 1.165) is 11.3 Å². The third-order valence-corrected chi connectivity index (χ3v) is 3.14. The Bertz CT molecular complexity index is 677. The van der Waals surface area contributed by atoms with Crippen molar-refractivity contribution in [3.8, 4) is 11.8 Å². The van der Waals surface area contributed by atoms with E-state index in [9.17, 15) is 5.26 Å². The molecule has 1 aromatic carbocycles. The van der Waals surface area contributed by atoms with Crippen molar-refractivity contribution in [1.82, 2.24) is 0 Å². The van der Waals surface area contributed by atoms with E-state index in [1.807, 2.05) is 0 Å². The molecule has 100 valence electrons. The van der Waals surface area contributed by atoms with Gasteiger partial charge in [-0.15, -0.1) is 0 Å². The summed E-state index contributed by atoms with van der Waals surface area (Å²) in [6.07, 6.45) is 4.83. The Labute approximate surface area is 121 Å². The topological polar surface area (TPSA) is 65.6 Å². The molecule has 4 nitrogen and oxygen atoms in total. The minimum atomic E-state index is 0.266. The molecule has 0 saturated heterocycles. The fraction of sp³-hybridized carbons (Fsp3) is 0.0667. The predicted molar refractivity (Wildman–Crippen MR) is 77.8 cm³/mol. The molecule has 0 atom stereocenters. The summed E-state index contributed by atoms with van der Waals surface area (Å²) in [6.45, 7) is 0. The zero-order chi connectivity index (χ0) is 14.5. The summed E-state index contributed by atoms with van der Waals surface area (Å²) in [5, 5.41) is 21.4. The van der Waals surface area contributed by atoms with Crippen molar-refractivity contribution < 1.29 is 9.94 Å². The maximum atomic E-state index is 9.34. The molecule has 1 aliphatic carbocycles. The molecule has 0 aromatic heterocycles. The van der Waals surface area contributed by atoms with Crippen LogP contribution in [0.25, 0.3) is 5.57 Å². The Hall–Kier alpha value is -2.51. The average Bonchev–Trinajstić information content (AvgIpc) is 2.49. The van der Waals surface area contributed by atoms with Crippen LogP contribution in [0.2, 0.25) is 0 Å². The first-order chi connectivity index (χ1) is 9.69. The number of hydrogen-bond donors (Lipinski definition) is 1. The molecule has 1 N–H and O–H groups in total. The molecule has 0 unspecified atom stereocenters. The minimum absolute atomic E-state index is 0.266. The summed E-state index contributed by atoms with van der Waals surface area (Å²) in [7, 11) is 1.58. The second-order valence-electron chi connectivity index (χ2n) is 3.98. The molecule has 5 heteroatoms. The second-order valence-corrected chi connectivity index (χ2v) is 4.39. The predicted octanol–water partition coefficient (Wildman–Crippen LogP) is 3.50. The maximum Gasteiger partial charge on any atom is 0.121 e. The Kier molecular flexibility index (Phi) is 4.24. The molecule has 0 saturated carbocycles. The summed E-state index contributed by atoms with van der Waals surface area (Å²) < 4.78 is 5.08. The lowest BCUT2D eigenvalue weighted by molar-refractivity contribution is 0.320. The van der Waals surface area contributed by atoms with Gasteiger partial charge in [0, 0.05) is 0 Å². The third-order valence-electron chi connectivity index (χ3n) is 2.83. The first kappa shape index (κ1) is 13.9. The van der Waals surface area contributed by atoms with E-state index >= 15 is 0 Å². The lowest BCUT2D eigenvalue weighted by Crippen LogP contribution is -2.00. The normalized spacial score (nSPS) is 18.4. The van der Waals surface area contributed by atoms with Crippen LogP contribution in [0.1, 0.15) is 5.56 Å². The van der Waals surface area contributed by atoms with Gasteiger partial charge in [0.25, 0.3) is 0 Å². The largest absolute Gasteiger partial charge is 0.497 e. The van der Waals surface area contributed by atoms with E-state index in [1.54, 1.807) is 49.6 Å². The summed E-state index contributed by atoms with van der Waals surface area (Å²) in [4.78, 5) is 0. The number of hydrogen-bond acceptors (Lipinski definition) is 4. The first-order valence-corrected chi connectivity index (χ1v) is 6.14. The van der Waals surface area contributed by atoms with E-state index in [0.29, 0.717) is 11.1 Å². The SMILES string of the molecule is COc1ccc(/C(C#N)=C2C=C/C(=N/O)C(Cl)=C\2)cc1. The van der Waals surface area contributed by atoms with Gasteiger partial charge in [0.2, 0.25) is 0 Å². The van der Waals surface area contributed by atoms with Gasteiger partial charge in [-0.05, 0) is 47.6 Å². The summed E-state index contributed by atoms with van der Waals surface area (Å²) in [6, 6.07) is 9.33. The van der Waals surface area contributed by atoms with Crippen molar-refractivity contribution in [1.29, 1.82) is 5.26 Å². The smallest absolute Gasteiger partial charge is 0.121 e. The van der Waals surface area contributed by atoms with Crippen LogP contribution in [0.3, 0.4) is 0 Å². The van der Waals surface area contributed by atoms with Gasteiger partial charge in [0.15, 0.2) is 0 Å². The number of halogens is 1. The van der Waals surface area contributed by atoms with Crippen LogP contribution >= 0.6 is 11.6 Å². The first-order valence-electron chi connectivity index (χ1n) is 5.76. The van der Waals surface area contributed by atoms with Crippen LogP contribution < -0.4 is 4.74 Å². The van der Waals surface area contributed by atoms with Crippen molar-refractivity contribution >= 4 is 22.9 Å².